The van der Waals surface area contributed by atoms with Crippen molar-refractivity contribution in [2.24, 2.45) is 11.7 Å². The van der Waals surface area contributed by atoms with Crippen LogP contribution < -0.4 is 5.73 Å². The van der Waals surface area contributed by atoms with Crippen molar-refractivity contribution in [2.75, 3.05) is 13.7 Å². The van der Waals surface area contributed by atoms with Gasteiger partial charge in [-0.15, -0.1) is 0 Å². The molecule has 0 spiro atoms. The summed E-state index contributed by atoms with van der Waals surface area (Å²) in [7, 11) is 1.61. The molecular weight excluding hydrogens is 202 g/mol. The van der Waals surface area contributed by atoms with Crippen molar-refractivity contribution in [3.63, 3.8) is 0 Å². The monoisotopic (exact) mass is 219 g/mol. The maximum atomic E-state index is 12.1. The molecule has 86 valence electrons. The molecule has 0 heterocycles. The van der Waals surface area contributed by atoms with Crippen LogP contribution >= 0.6 is 0 Å². The second kappa shape index (κ2) is 4.36. The van der Waals surface area contributed by atoms with Crippen LogP contribution in [0.25, 0.3) is 0 Å². The molecule has 0 aliphatic heterocycles. The summed E-state index contributed by atoms with van der Waals surface area (Å²) in [6.45, 7) is 2.43. The highest BCUT2D eigenvalue weighted by Gasteiger charge is 2.34. The maximum Gasteiger partial charge on any atom is 0.168 e. The van der Waals surface area contributed by atoms with Gasteiger partial charge in [-0.05, 0) is 25.0 Å². The fourth-order valence-electron chi connectivity index (χ4n) is 2.28. The van der Waals surface area contributed by atoms with Crippen LogP contribution in [0.1, 0.15) is 21.5 Å². The molecule has 2 atom stereocenters. The van der Waals surface area contributed by atoms with Crippen molar-refractivity contribution in [1.82, 2.24) is 0 Å². The van der Waals surface area contributed by atoms with Crippen molar-refractivity contribution in [2.45, 2.75) is 19.4 Å². The zero-order valence-corrected chi connectivity index (χ0v) is 9.69. The molecule has 0 fully saturated rings. The number of fused-ring (bicyclic) bond motifs is 1. The summed E-state index contributed by atoms with van der Waals surface area (Å²) >= 11 is 0. The molecule has 0 saturated carbocycles. The SMILES string of the molecule is COCC(N)C1Cc2ccc(C)cc2C1=O. The maximum absolute atomic E-state index is 12.1. The summed E-state index contributed by atoms with van der Waals surface area (Å²) < 4.78 is 5.01. The van der Waals surface area contributed by atoms with Gasteiger partial charge in [0.25, 0.3) is 0 Å². The molecule has 2 unspecified atom stereocenters. The Morgan fingerprint density at radius 2 is 2.31 bits per heavy atom. The van der Waals surface area contributed by atoms with Crippen LogP contribution in [-0.2, 0) is 11.2 Å². The molecule has 0 radical (unpaired) electrons. The van der Waals surface area contributed by atoms with E-state index < -0.39 is 0 Å². The smallest absolute Gasteiger partial charge is 0.168 e. The number of aryl methyl sites for hydroxylation is 1. The van der Waals surface area contributed by atoms with E-state index in [1.165, 1.54) is 0 Å². The van der Waals surface area contributed by atoms with Gasteiger partial charge in [0.15, 0.2) is 5.78 Å². The van der Waals surface area contributed by atoms with Gasteiger partial charge in [-0.25, -0.2) is 0 Å². The number of methoxy groups -OCH3 is 1. The normalized spacial score (nSPS) is 20.9. The first kappa shape index (κ1) is 11.3. The molecule has 0 aromatic heterocycles. The fourth-order valence-corrected chi connectivity index (χ4v) is 2.28. The number of Topliss-reactive ketones (excluding diaryl/α,β-unsaturated/α-hetero) is 1. The first-order chi connectivity index (χ1) is 7.63. The van der Waals surface area contributed by atoms with Crippen LogP contribution in [0.3, 0.4) is 0 Å². The fraction of sp³-hybridized carbons (Fsp3) is 0.462. The number of carbonyl (C=O) groups is 1. The standard InChI is InChI=1S/C13H17NO2/c1-8-3-4-9-6-11(12(14)7-16-2)13(15)10(9)5-8/h3-5,11-12H,6-7,14H2,1-2H3. The van der Waals surface area contributed by atoms with E-state index in [0.29, 0.717) is 6.61 Å². The third-order valence-electron chi connectivity index (χ3n) is 3.18. The largest absolute Gasteiger partial charge is 0.383 e. The van der Waals surface area contributed by atoms with Crippen LogP contribution in [0, 0.1) is 12.8 Å². The van der Waals surface area contributed by atoms with E-state index >= 15 is 0 Å². The second-order valence-electron chi connectivity index (χ2n) is 4.45. The van der Waals surface area contributed by atoms with E-state index in [2.05, 4.69) is 0 Å². The van der Waals surface area contributed by atoms with E-state index in [0.717, 1.165) is 23.1 Å². The Kier molecular flexibility index (Phi) is 3.08. The van der Waals surface area contributed by atoms with E-state index in [4.69, 9.17) is 10.5 Å². The minimum Gasteiger partial charge on any atom is -0.383 e. The lowest BCUT2D eigenvalue weighted by atomic mass is 9.97. The summed E-state index contributed by atoms with van der Waals surface area (Å²) in [6, 6.07) is 5.82. The lowest BCUT2D eigenvalue weighted by molar-refractivity contribution is 0.0871. The highest BCUT2D eigenvalue weighted by atomic mass is 16.5. The van der Waals surface area contributed by atoms with Crippen LogP contribution in [0.2, 0.25) is 0 Å². The number of ether oxygens (including phenoxy) is 1. The Morgan fingerprint density at radius 3 is 3.00 bits per heavy atom. The Bertz CT molecular complexity index is 414. The lowest BCUT2D eigenvalue weighted by Gasteiger charge is -2.16. The van der Waals surface area contributed by atoms with Gasteiger partial charge in [0.05, 0.1) is 6.61 Å². The van der Waals surface area contributed by atoms with Gasteiger partial charge in [-0.2, -0.15) is 0 Å². The summed E-state index contributed by atoms with van der Waals surface area (Å²) in [5, 5.41) is 0. The summed E-state index contributed by atoms with van der Waals surface area (Å²) in [6.07, 6.45) is 0.749. The van der Waals surface area contributed by atoms with Gasteiger partial charge in [-0.3, -0.25) is 4.79 Å². The minimum atomic E-state index is -0.204. The minimum absolute atomic E-state index is 0.114. The van der Waals surface area contributed by atoms with E-state index in [9.17, 15) is 4.79 Å². The number of benzene rings is 1. The Labute approximate surface area is 95.6 Å². The number of rotatable bonds is 3. The van der Waals surface area contributed by atoms with Crippen LogP contribution in [0.15, 0.2) is 18.2 Å². The zero-order valence-electron chi connectivity index (χ0n) is 9.69. The second-order valence-corrected chi connectivity index (χ2v) is 4.45. The van der Waals surface area contributed by atoms with Crippen molar-refractivity contribution >= 4 is 5.78 Å². The Hall–Kier alpha value is -1.19. The quantitative estimate of drug-likeness (QED) is 0.834. The zero-order chi connectivity index (χ0) is 11.7. The third kappa shape index (κ3) is 1.88. The molecular formula is C13H17NO2. The van der Waals surface area contributed by atoms with E-state index in [1.54, 1.807) is 7.11 Å². The molecule has 3 heteroatoms. The number of ketones is 1. The summed E-state index contributed by atoms with van der Waals surface area (Å²) in [5.74, 6) is 0.0556. The van der Waals surface area contributed by atoms with Gasteiger partial charge in [0, 0.05) is 24.6 Å². The predicted octanol–water partition coefficient (Wildman–Crippen LogP) is 1.32. The molecule has 0 bridgehead atoms. The molecule has 2 N–H and O–H groups in total. The average Bonchev–Trinajstić information content (AvgIpc) is 2.57. The Balaban J connectivity index is 2.24. The average molecular weight is 219 g/mol. The molecule has 2 rings (SSSR count). The van der Waals surface area contributed by atoms with Crippen molar-refractivity contribution < 1.29 is 9.53 Å². The van der Waals surface area contributed by atoms with Crippen LogP contribution in [-0.4, -0.2) is 25.5 Å². The molecule has 0 amide bonds. The van der Waals surface area contributed by atoms with Gasteiger partial charge in [0.1, 0.15) is 0 Å². The van der Waals surface area contributed by atoms with E-state index in [1.807, 2.05) is 25.1 Å². The highest BCUT2D eigenvalue weighted by Crippen LogP contribution is 2.29. The van der Waals surface area contributed by atoms with Crippen molar-refractivity contribution in [3.05, 3.63) is 34.9 Å². The predicted molar refractivity (Wildman–Crippen MR) is 62.6 cm³/mol. The summed E-state index contributed by atoms with van der Waals surface area (Å²) in [4.78, 5) is 12.1. The number of carbonyl (C=O) groups excluding carboxylic acids is 1. The highest BCUT2D eigenvalue weighted by molar-refractivity contribution is 6.02. The summed E-state index contributed by atoms with van der Waals surface area (Å²) in [5.41, 5.74) is 9.03. The number of nitrogens with two attached hydrogens (primary N) is 1. The Morgan fingerprint density at radius 1 is 1.56 bits per heavy atom. The molecule has 1 aromatic rings. The van der Waals surface area contributed by atoms with Crippen molar-refractivity contribution in [1.29, 1.82) is 0 Å². The number of hydrogen-bond donors (Lipinski definition) is 1. The topological polar surface area (TPSA) is 52.3 Å². The van der Waals surface area contributed by atoms with Gasteiger partial charge < -0.3 is 10.5 Å². The number of hydrogen-bond acceptors (Lipinski definition) is 3. The lowest BCUT2D eigenvalue weighted by Crippen LogP contribution is -2.37. The first-order valence-electron chi connectivity index (χ1n) is 5.51. The van der Waals surface area contributed by atoms with Crippen molar-refractivity contribution in [3.8, 4) is 0 Å². The molecule has 1 aliphatic carbocycles. The first-order valence-corrected chi connectivity index (χ1v) is 5.51. The van der Waals surface area contributed by atoms with Gasteiger partial charge in [-0.1, -0.05) is 17.7 Å². The van der Waals surface area contributed by atoms with Gasteiger partial charge >= 0.3 is 0 Å². The van der Waals surface area contributed by atoms with Crippen LogP contribution in [0.4, 0.5) is 0 Å². The molecule has 16 heavy (non-hydrogen) atoms. The van der Waals surface area contributed by atoms with Gasteiger partial charge in [0.2, 0.25) is 0 Å². The third-order valence-corrected chi connectivity index (χ3v) is 3.18. The van der Waals surface area contributed by atoms with Crippen LogP contribution in [0.5, 0.6) is 0 Å². The molecule has 1 aromatic carbocycles. The van der Waals surface area contributed by atoms with E-state index in [-0.39, 0.29) is 17.7 Å². The molecule has 1 aliphatic rings. The molecule has 0 saturated heterocycles. The molecule has 3 nitrogen and oxygen atoms in total.